The van der Waals surface area contributed by atoms with Gasteiger partial charge in [-0.2, -0.15) is 0 Å². The average Bonchev–Trinajstić information content (AvgIpc) is 3.34. The molecule has 284 valence electrons. The number of aliphatic carboxylic acids is 1. The average molecular weight is 706 g/mol. The van der Waals surface area contributed by atoms with Gasteiger partial charge < -0.3 is 15.2 Å². The van der Waals surface area contributed by atoms with E-state index in [-0.39, 0.29) is 63.2 Å². The third kappa shape index (κ3) is 6.16. The van der Waals surface area contributed by atoms with Crippen molar-refractivity contribution in [1.82, 2.24) is 5.32 Å². The molecule has 8 atom stereocenters. The number of carbonyl (C=O) groups is 4. The van der Waals surface area contributed by atoms with Crippen molar-refractivity contribution < 1.29 is 29.0 Å². The first-order valence-electron chi connectivity index (χ1n) is 20.4. The molecule has 0 aromatic heterocycles. The van der Waals surface area contributed by atoms with Crippen molar-refractivity contribution in [2.75, 3.05) is 0 Å². The Morgan fingerprint density at radius 1 is 0.882 bits per heavy atom. The molecule has 6 rings (SSSR count). The number of ketones is 1. The summed E-state index contributed by atoms with van der Waals surface area (Å²) in [7, 11) is 0. The molecule has 5 saturated carbocycles. The number of carboxylic acid groups (broad SMARTS) is 1. The van der Waals surface area contributed by atoms with Crippen LogP contribution in [0.5, 0.6) is 0 Å². The van der Waals surface area contributed by atoms with Gasteiger partial charge in [-0.3, -0.25) is 19.2 Å². The molecule has 0 bridgehead atoms. The van der Waals surface area contributed by atoms with Crippen molar-refractivity contribution in [3.63, 3.8) is 0 Å². The van der Waals surface area contributed by atoms with Crippen LogP contribution in [-0.4, -0.2) is 40.9 Å². The van der Waals surface area contributed by atoms with Crippen LogP contribution in [0.4, 0.5) is 0 Å². The lowest BCUT2D eigenvalue weighted by Gasteiger charge is -2.72. The third-order valence-corrected chi connectivity index (χ3v) is 16.4. The van der Waals surface area contributed by atoms with Crippen LogP contribution < -0.4 is 5.32 Å². The number of carbonyl (C=O) groups excluding carboxylic acids is 3. The van der Waals surface area contributed by atoms with Gasteiger partial charge in [0.2, 0.25) is 5.91 Å². The monoisotopic (exact) mass is 705 g/mol. The normalized spacial score (nSPS) is 39.6. The van der Waals surface area contributed by atoms with Crippen LogP contribution in [0.2, 0.25) is 0 Å². The van der Waals surface area contributed by atoms with E-state index in [9.17, 15) is 24.3 Å². The molecular formula is C44H67NO6. The summed E-state index contributed by atoms with van der Waals surface area (Å²) >= 11 is 0. The highest BCUT2D eigenvalue weighted by atomic mass is 16.5. The Morgan fingerprint density at radius 2 is 1.57 bits per heavy atom. The van der Waals surface area contributed by atoms with Crippen LogP contribution in [0.3, 0.4) is 0 Å². The van der Waals surface area contributed by atoms with Gasteiger partial charge >= 0.3 is 11.9 Å². The Morgan fingerprint density at radius 3 is 2.22 bits per heavy atom. The zero-order chi connectivity index (χ0) is 37.4. The molecule has 0 spiro atoms. The first-order chi connectivity index (χ1) is 23.7. The zero-order valence-electron chi connectivity index (χ0n) is 33.2. The molecule has 0 unspecified atom stereocenters. The minimum Gasteiger partial charge on any atom is -0.481 e. The Labute approximate surface area is 307 Å². The van der Waals surface area contributed by atoms with E-state index < -0.39 is 17.4 Å². The number of allylic oxidation sites excluding steroid dienone is 3. The van der Waals surface area contributed by atoms with E-state index in [0.717, 1.165) is 69.8 Å². The van der Waals surface area contributed by atoms with Crippen LogP contribution in [0.15, 0.2) is 23.3 Å². The fraction of sp³-hybridized carbons (Fsp3) is 0.818. The van der Waals surface area contributed by atoms with E-state index in [1.807, 2.05) is 0 Å². The highest BCUT2D eigenvalue weighted by molar-refractivity contribution is 6.01. The molecule has 6 aliphatic carbocycles. The van der Waals surface area contributed by atoms with E-state index in [1.165, 1.54) is 24.8 Å². The number of rotatable bonds is 8. The molecule has 0 heterocycles. The predicted octanol–water partition coefficient (Wildman–Crippen LogP) is 9.38. The van der Waals surface area contributed by atoms with Crippen molar-refractivity contribution in [2.45, 2.75) is 171 Å². The summed E-state index contributed by atoms with van der Waals surface area (Å²) in [6.45, 7) is 19.7. The molecule has 2 N–H and O–H groups in total. The summed E-state index contributed by atoms with van der Waals surface area (Å²) in [5, 5.41) is 12.9. The van der Waals surface area contributed by atoms with E-state index in [4.69, 9.17) is 4.74 Å². The summed E-state index contributed by atoms with van der Waals surface area (Å²) in [5.74, 6) is 0.233. The number of hydrogen-bond donors (Lipinski definition) is 2. The SMILES string of the molecule is CC(C)C1=C2[C@H]3CC[C@@H]4[C@@]5(C)CC[C@H](OC(=O)CC(C)(C)C(=O)O)C(C)(C)[C@@H]5CC[C@@]4(C)[C@]3(C)CC[C@@]2(C=CC(=O)NC2CCCCC2)CC1=O. The fourth-order valence-corrected chi connectivity index (χ4v) is 13.4. The molecule has 51 heavy (non-hydrogen) atoms. The van der Waals surface area contributed by atoms with Crippen molar-refractivity contribution in [2.24, 2.45) is 56.2 Å². The van der Waals surface area contributed by atoms with Gasteiger partial charge in [0.1, 0.15) is 6.10 Å². The summed E-state index contributed by atoms with van der Waals surface area (Å²) in [5.41, 5.74) is 0.849. The van der Waals surface area contributed by atoms with Gasteiger partial charge in [-0.05, 0) is 135 Å². The lowest BCUT2D eigenvalue weighted by atomic mass is 9.33. The second-order valence-corrected chi connectivity index (χ2v) is 20.2. The van der Waals surface area contributed by atoms with Crippen LogP contribution in [-0.2, 0) is 23.9 Å². The second-order valence-electron chi connectivity index (χ2n) is 20.2. The van der Waals surface area contributed by atoms with Crippen molar-refractivity contribution in [3.8, 4) is 0 Å². The van der Waals surface area contributed by atoms with Gasteiger partial charge in [0, 0.05) is 23.3 Å². The molecule has 0 aromatic rings. The van der Waals surface area contributed by atoms with Crippen LogP contribution in [0.1, 0.15) is 159 Å². The molecule has 7 heteroatoms. The summed E-state index contributed by atoms with van der Waals surface area (Å²) in [6.07, 6.45) is 17.9. The lowest BCUT2D eigenvalue weighted by Crippen LogP contribution is -2.65. The van der Waals surface area contributed by atoms with Gasteiger partial charge in [0.15, 0.2) is 5.78 Å². The minimum absolute atomic E-state index is 0.00850. The maximum absolute atomic E-state index is 14.0. The molecule has 0 radical (unpaired) electrons. The number of ether oxygens (including phenoxy) is 1. The molecule has 5 fully saturated rings. The van der Waals surface area contributed by atoms with E-state index in [1.54, 1.807) is 19.9 Å². The predicted molar refractivity (Wildman–Crippen MR) is 199 cm³/mol. The Bertz CT molecular complexity index is 1500. The van der Waals surface area contributed by atoms with Crippen molar-refractivity contribution in [1.29, 1.82) is 0 Å². The molecule has 0 aliphatic heterocycles. The van der Waals surface area contributed by atoms with Crippen molar-refractivity contribution >= 4 is 23.6 Å². The second kappa shape index (κ2) is 13.1. The summed E-state index contributed by atoms with van der Waals surface area (Å²) in [6, 6.07) is 0.261. The number of hydrogen-bond acceptors (Lipinski definition) is 5. The van der Waals surface area contributed by atoms with Crippen LogP contribution in [0.25, 0.3) is 0 Å². The molecule has 0 aromatic carbocycles. The molecule has 0 saturated heterocycles. The quantitative estimate of drug-likeness (QED) is 0.192. The van der Waals surface area contributed by atoms with Gasteiger partial charge in [0.05, 0.1) is 11.8 Å². The lowest BCUT2D eigenvalue weighted by molar-refractivity contribution is -0.232. The van der Waals surface area contributed by atoms with Gasteiger partial charge in [0.25, 0.3) is 0 Å². The minimum atomic E-state index is -1.16. The Hall–Kier alpha value is -2.44. The number of nitrogens with one attached hydrogen (secondary N) is 1. The smallest absolute Gasteiger partial charge is 0.309 e. The first kappa shape index (κ1) is 38.3. The van der Waals surface area contributed by atoms with Crippen molar-refractivity contribution in [3.05, 3.63) is 23.3 Å². The zero-order valence-corrected chi connectivity index (χ0v) is 33.2. The number of esters is 1. The van der Waals surface area contributed by atoms with Gasteiger partial charge in [-0.1, -0.05) is 73.8 Å². The Balaban J connectivity index is 1.27. The number of amides is 1. The van der Waals surface area contributed by atoms with E-state index in [0.29, 0.717) is 24.2 Å². The number of Topliss-reactive ketones (excluding diaryl/α,β-unsaturated/α-hetero) is 1. The maximum Gasteiger partial charge on any atom is 0.309 e. The van der Waals surface area contributed by atoms with Crippen LogP contribution >= 0.6 is 0 Å². The number of fused-ring (bicyclic) bond motifs is 7. The molecule has 7 nitrogen and oxygen atoms in total. The first-order valence-corrected chi connectivity index (χ1v) is 20.4. The highest BCUT2D eigenvalue weighted by Crippen LogP contribution is 2.77. The van der Waals surface area contributed by atoms with E-state index >= 15 is 0 Å². The molecular weight excluding hydrogens is 638 g/mol. The van der Waals surface area contributed by atoms with Crippen LogP contribution in [0, 0.1) is 56.2 Å². The maximum atomic E-state index is 14.0. The summed E-state index contributed by atoms with van der Waals surface area (Å²) < 4.78 is 6.16. The topological polar surface area (TPSA) is 110 Å². The number of carboxylic acids is 1. The highest BCUT2D eigenvalue weighted by Gasteiger charge is 2.70. The Kier molecular flexibility index (Phi) is 9.87. The van der Waals surface area contributed by atoms with Gasteiger partial charge in [-0.25, -0.2) is 0 Å². The summed E-state index contributed by atoms with van der Waals surface area (Å²) in [4.78, 5) is 52.0. The molecule has 1 amide bonds. The third-order valence-electron chi connectivity index (χ3n) is 16.4. The fourth-order valence-electron chi connectivity index (χ4n) is 13.4. The van der Waals surface area contributed by atoms with E-state index in [2.05, 4.69) is 59.9 Å². The van der Waals surface area contributed by atoms with Gasteiger partial charge in [-0.15, -0.1) is 0 Å². The molecule has 6 aliphatic rings. The largest absolute Gasteiger partial charge is 0.481 e. The standard InChI is InChI=1S/C44H67NO6/c1-27(2)36-30(46)25-44(22-19-34(47)45-28-13-11-10-12-14-28)24-23-42(8)29(37(36)44)15-16-32-41(7)20-18-33(51-35(48)26-39(3,4)38(49)50)40(5,6)31(41)17-21-43(32,42)9/h19,22,27-29,31-33H,10-18,20-21,23-26H2,1-9H3,(H,45,47)(H,49,50)/t29-,31+,32-,33+,41+,42-,43-,44+/m1/s1.